The number of hydrogen-bond donors (Lipinski definition) is 1. The molecule has 1 aromatic heterocycles. The molecule has 1 saturated heterocycles. The lowest BCUT2D eigenvalue weighted by Crippen LogP contribution is -2.38. The smallest absolute Gasteiger partial charge is 0.171 e. The fourth-order valence-electron chi connectivity index (χ4n) is 1.98. The Labute approximate surface area is 84.2 Å². The maximum absolute atomic E-state index is 5.80. The Morgan fingerprint density at radius 3 is 2.86 bits per heavy atom. The molecular formula is C10H16N4. The maximum Gasteiger partial charge on any atom is 0.171 e. The Kier molecular flexibility index (Phi) is 2.52. The van der Waals surface area contributed by atoms with Gasteiger partial charge in [-0.2, -0.15) is 0 Å². The summed E-state index contributed by atoms with van der Waals surface area (Å²) in [5.41, 5.74) is 5.80. The summed E-state index contributed by atoms with van der Waals surface area (Å²) < 4.78 is 0. The predicted molar refractivity (Wildman–Crippen MR) is 57.1 cm³/mol. The van der Waals surface area contributed by atoms with Crippen LogP contribution in [0.1, 0.15) is 26.2 Å². The van der Waals surface area contributed by atoms with Crippen molar-refractivity contribution >= 4 is 11.6 Å². The van der Waals surface area contributed by atoms with E-state index in [1.807, 2.05) is 0 Å². The van der Waals surface area contributed by atoms with E-state index in [2.05, 4.69) is 21.8 Å². The van der Waals surface area contributed by atoms with Crippen molar-refractivity contribution in [2.75, 3.05) is 17.2 Å². The summed E-state index contributed by atoms with van der Waals surface area (Å²) in [6, 6.07) is 0.530. The second-order valence-electron chi connectivity index (χ2n) is 3.80. The molecule has 4 heteroatoms. The van der Waals surface area contributed by atoms with E-state index < -0.39 is 0 Å². The lowest BCUT2D eigenvalue weighted by atomic mass is 10.0. The zero-order chi connectivity index (χ0) is 9.97. The molecule has 14 heavy (non-hydrogen) atoms. The highest BCUT2D eigenvalue weighted by Crippen LogP contribution is 2.25. The first-order valence-corrected chi connectivity index (χ1v) is 5.12. The molecular weight excluding hydrogens is 176 g/mol. The summed E-state index contributed by atoms with van der Waals surface area (Å²) in [4.78, 5) is 10.6. The standard InChI is InChI=1S/C10H16N4/c1-8-4-2-3-7-14(8)10-9(11)12-5-6-13-10/h5-6,8H,2-4,7H2,1H3,(H2,11,12)/t8-/m1/s1. The Morgan fingerprint density at radius 1 is 1.36 bits per heavy atom. The third kappa shape index (κ3) is 1.64. The first-order chi connectivity index (χ1) is 6.79. The summed E-state index contributed by atoms with van der Waals surface area (Å²) in [5, 5.41) is 0. The molecule has 1 aliphatic heterocycles. The number of aromatic nitrogens is 2. The number of nitrogens with zero attached hydrogens (tertiary/aromatic N) is 3. The number of nitrogen functional groups attached to an aromatic ring is 1. The molecule has 0 spiro atoms. The van der Waals surface area contributed by atoms with Crippen molar-refractivity contribution in [3.8, 4) is 0 Å². The second kappa shape index (κ2) is 3.82. The summed E-state index contributed by atoms with van der Waals surface area (Å²) in [6.45, 7) is 3.26. The van der Waals surface area contributed by atoms with E-state index in [0.717, 1.165) is 12.4 Å². The number of rotatable bonds is 1. The Hall–Kier alpha value is -1.32. The van der Waals surface area contributed by atoms with Gasteiger partial charge in [-0.1, -0.05) is 0 Å². The largest absolute Gasteiger partial charge is 0.381 e. The van der Waals surface area contributed by atoms with E-state index in [4.69, 9.17) is 5.73 Å². The van der Waals surface area contributed by atoms with E-state index >= 15 is 0 Å². The molecule has 0 saturated carbocycles. The minimum Gasteiger partial charge on any atom is -0.381 e. The van der Waals surface area contributed by atoms with Crippen molar-refractivity contribution in [1.29, 1.82) is 0 Å². The van der Waals surface area contributed by atoms with Crippen LogP contribution >= 0.6 is 0 Å². The van der Waals surface area contributed by atoms with Crippen molar-refractivity contribution in [2.45, 2.75) is 32.2 Å². The van der Waals surface area contributed by atoms with Gasteiger partial charge in [-0.05, 0) is 26.2 Å². The summed E-state index contributed by atoms with van der Waals surface area (Å²) in [5.74, 6) is 1.39. The van der Waals surface area contributed by atoms with Gasteiger partial charge in [0.1, 0.15) is 0 Å². The van der Waals surface area contributed by atoms with Gasteiger partial charge in [-0.25, -0.2) is 9.97 Å². The highest BCUT2D eigenvalue weighted by Gasteiger charge is 2.21. The fraction of sp³-hybridized carbons (Fsp3) is 0.600. The van der Waals surface area contributed by atoms with E-state index in [-0.39, 0.29) is 0 Å². The summed E-state index contributed by atoms with van der Waals surface area (Å²) >= 11 is 0. The zero-order valence-electron chi connectivity index (χ0n) is 8.48. The van der Waals surface area contributed by atoms with Gasteiger partial charge in [0.25, 0.3) is 0 Å². The van der Waals surface area contributed by atoms with E-state index in [1.54, 1.807) is 12.4 Å². The molecule has 0 radical (unpaired) electrons. The van der Waals surface area contributed by atoms with Gasteiger partial charge in [0.15, 0.2) is 11.6 Å². The first kappa shape index (κ1) is 9.24. The van der Waals surface area contributed by atoms with Gasteiger partial charge in [0, 0.05) is 25.0 Å². The molecule has 2 rings (SSSR count). The average Bonchev–Trinajstić information content (AvgIpc) is 2.20. The van der Waals surface area contributed by atoms with E-state index in [9.17, 15) is 0 Å². The van der Waals surface area contributed by atoms with Crippen molar-refractivity contribution in [1.82, 2.24) is 9.97 Å². The van der Waals surface area contributed by atoms with Crippen molar-refractivity contribution in [2.24, 2.45) is 0 Å². The van der Waals surface area contributed by atoms with E-state index in [1.165, 1.54) is 19.3 Å². The molecule has 1 atom stereocenters. The van der Waals surface area contributed by atoms with Crippen LogP contribution < -0.4 is 10.6 Å². The topological polar surface area (TPSA) is 55.0 Å². The van der Waals surface area contributed by atoms with Crippen molar-refractivity contribution in [3.05, 3.63) is 12.4 Å². The Balaban J connectivity index is 2.25. The number of anilines is 2. The minimum absolute atomic E-state index is 0.530. The second-order valence-corrected chi connectivity index (χ2v) is 3.80. The number of piperidine rings is 1. The van der Waals surface area contributed by atoms with Gasteiger partial charge in [-0.3, -0.25) is 0 Å². The third-order valence-electron chi connectivity index (χ3n) is 2.78. The van der Waals surface area contributed by atoms with Crippen LogP contribution in [-0.2, 0) is 0 Å². The predicted octanol–water partition coefficient (Wildman–Crippen LogP) is 1.44. The SMILES string of the molecule is C[C@@H]1CCCCN1c1nccnc1N. The van der Waals surface area contributed by atoms with Gasteiger partial charge >= 0.3 is 0 Å². The zero-order valence-corrected chi connectivity index (χ0v) is 8.48. The van der Waals surface area contributed by atoms with Crippen LogP contribution in [-0.4, -0.2) is 22.6 Å². The molecule has 1 aliphatic rings. The van der Waals surface area contributed by atoms with Crippen LogP contribution in [0.25, 0.3) is 0 Å². The van der Waals surface area contributed by atoms with Gasteiger partial charge in [0.2, 0.25) is 0 Å². The van der Waals surface area contributed by atoms with Gasteiger partial charge < -0.3 is 10.6 Å². The molecule has 2 heterocycles. The van der Waals surface area contributed by atoms with Crippen LogP contribution in [0.4, 0.5) is 11.6 Å². The van der Waals surface area contributed by atoms with Crippen LogP contribution in [0, 0.1) is 0 Å². The molecule has 0 bridgehead atoms. The first-order valence-electron chi connectivity index (χ1n) is 5.12. The minimum atomic E-state index is 0.530. The third-order valence-corrected chi connectivity index (χ3v) is 2.78. The van der Waals surface area contributed by atoms with Crippen LogP contribution in [0.3, 0.4) is 0 Å². The van der Waals surface area contributed by atoms with Crippen LogP contribution in [0.5, 0.6) is 0 Å². The molecule has 0 aliphatic carbocycles. The molecule has 0 amide bonds. The quantitative estimate of drug-likeness (QED) is 0.731. The van der Waals surface area contributed by atoms with Crippen LogP contribution in [0.2, 0.25) is 0 Å². The average molecular weight is 192 g/mol. The lowest BCUT2D eigenvalue weighted by Gasteiger charge is -2.34. The van der Waals surface area contributed by atoms with Gasteiger partial charge in [-0.15, -0.1) is 0 Å². The maximum atomic E-state index is 5.80. The number of nitrogens with two attached hydrogens (primary N) is 1. The molecule has 0 aromatic carbocycles. The summed E-state index contributed by atoms with van der Waals surface area (Å²) in [7, 11) is 0. The van der Waals surface area contributed by atoms with Crippen LogP contribution in [0.15, 0.2) is 12.4 Å². The fourth-order valence-corrected chi connectivity index (χ4v) is 1.98. The molecule has 4 nitrogen and oxygen atoms in total. The van der Waals surface area contributed by atoms with Crippen molar-refractivity contribution < 1.29 is 0 Å². The monoisotopic (exact) mass is 192 g/mol. The molecule has 2 N–H and O–H groups in total. The summed E-state index contributed by atoms with van der Waals surface area (Å²) in [6.07, 6.45) is 7.08. The Bertz CT molecular complexity index is 313. The number of hydrogen-bond acceptors (Lipinski definition) is 4. The Morgan fingerprint density at radius 2 is 2.14 bits per heavy atom. The normalized spacial score (nSPS) is 22.4. The highest BCUT2D eigenvalue weighted by atomic mass is 15.2. The van der Waals surface area contributed by atoms with E-state index in [0.29, 0.717) is 11.9 Å². The molecule has 0 unspecified atom stereocenters. The van der Waals surface area contributed by atoms with Gasteiger partial charge in [0.05, 0.1) is 0 Å². The molecule has 76 valence electrons. The lowest BCUT2D eigenvalue weighted by molar-refractivity contribution is 0.481. The molecule has 1 aromatic rings. The van der Waals surface area contributed by atoms with Crippen molar-refractivity contribution in [3.63, 3.8) is 0 Å². The molecule has 1 fully saturated rings. The highest BCUT2D eigenvalue weighted by molar-refractivity contribution is 5.57.